The lowest BCUT2D eigenvalue weighted by atomic mass is 10.0. The second kappa shape index (κ2) is 8.62. The molecule has 0 saturated carbocycles. The summed E-state index contributed by atoms with van der Waals surface area (Å²) < 4.78 is 0. The van der Waals surface area contributed by atoms with E-state index in [1.807, 2.05) is 44.2 Å². The summed E-state index contributed by atoms with van der Waals surface area (Å²) in [5, 5.41) is 3.54. The van der Waals surface area contributed by atoms with Crippen molar-refractivity contribution >= 4 is 28.9 Å². The third-order valence-corrected chi connectivity index (χ3v) is 4.43. The zero-order valence-electron chi connectivity index (χ0n) is 15.2. The van der Waals surface area contributed by atoms with Gasteiger partial charge in [-0.2, -0.15) is 0 Å². The fourth-order valence-electron chi connectivity index (χ4n) is 2.62. The molecule has 5 heteroatoms. The van der Waals surface area contributed by atoms with E-state index in [1.165, 1.54) is 16.7 Å². The largest absolute Gasteiger partial charge is 0.331 e. The maximum Gasteiger partial charge on any atom is 0.242 e. The normalized spacial score (nSPS) is 10.2. The first-order valence-corrected chi connectivity index (χ1v) is 8.82. The van der Waals surface area contributed by atoms with Gasteiger partial charge in [0.1, 0.15) is 0 Å². The number of benzene rings is 2. The average Bonchev–Trinajstić information content (AvgIpc) is 2.58. The Hall–Kier alpha value is -2.40. The molecule has 0 spiro atoms. The number of aryl methyl sites for hydroxylation is 4. The summed E-state index contributed by atoms with van der Waals surface area (Å²) >= 11 is 5.29. The Kier molecular flexibility index (Phi) is 6.53. The minimum atomic E-state index is -0.132. The van der Waals surface area contributed by atoms with E-state index in [0.717, 1.165) is 23.2 Å². The van der Waals surface area contributed by atoms with Gasteiger partial charge in [0.2, 0.25) is 5.91 Å². The van der Waals surface area contributed by atoms with Crippen LogP contribution >= 0.6 is 12.2 Å². The minimum absolute atomic E-state index is 0.132. The molecule has 3 N–H and O–H groups in total. The molecule has 0 radical (unpaired) electrons. The van der Waals surface area contributed by atoms with Crippen molar-refractivity contribution in [3.63, 3.8) is 0 Å². The van der Waals surface area contributed by atoms with Crippen LogP contribution in [0.3, 0.4) is 0 Å². The van der Waals surface area contributed by atoms with E-state index < -0.39 is 0 Å². The van der Waals surface area contributed by atoms with Crippen LogP contribution in [0, 0.1) is 20.8 Å². The van der Waals surface area contributed by atoms with Crippen molar-refractivity contribution < 1.29 is 4.79 Å². The van der Waals surface area contributed by atoms with Crippen LogP contribution in [0.1, 0.15) is 34.7 Å². The standard InChI is InChI=1S/C20H25N3OS/c1-5-17-8-6-7-14(3)19(17)21-20(25)23-22-18(24)12-16-10-9-13(2)15(4)11-16/h6-11H,5,12H2,1-4H3,(H,22,24)(H2,21,23,25). The number of nitrogens with one attached hydrogen (secondary N) is 3. The zero-order valence-corrected chi connectivity index (χ0v) is 16.0. The molecule has 0 aliphatic heterocycles. The van der Waals surface area contributed by atoms with Crippen molar-refractivity contribution in [2.45, 2.75) is 40.5 Å². The van der Waals surface area contributed by atoms with Gasteiger partial charge in [0.05, 0.1) is 6.42 Å². The summed E-state index contributed by atoms with van der Waals surface area (Å²) in [5.41, 5.74) is 12.1. The predicted octanol–water partition coefficient (Wildman–Crippen LogP) is 3.73. The Balaban J connectivity index is 1.89. The summed E-state index contributed by atoms with van der Waals surface area (Å²) in [7, 11) is 0. The van der Waals surface area contributed by atoms with E-state index in [9.17, 15) is 4.79 Å². The minimum Gasteiger partial charge on any atom is -0.331 e. The number of anilines is 1. The summed E-state index contributed by atoms with van der Waals surface area (Å²) in [5.74, 6) is -0.132. The van der Waals surface area contributed by atoms with Crippen LogP contribution in [0.25, 0.3) is 0 Å². The lowest BCUT2D eigenvalue weighted by Gasteiger charge is -2.16. The highest BCUT2D eigenvalue weighted by Crippen LogP contribution is 2.20. The molecule has 1 amide bonds. The number of carbonyl (C=O) groups excluding carboxylic acids is 1. The number of rotatable bonds is 4. The zero-order chi connectivity index (χ0) is 18.4. The number of thiocarbonyl (C=S) groups is 1. The van der Waals surface area contributed by atoms with Crippen molar-refractivity contribution in [1.29, 1.82) is 0 Å². The highest BCUT2D eigenvalue weighted by Gasteiger charge is 2.08. The van der Waals surface area contributed by atoms with Crippen molar-refractivity contribution in [2.24, 2.45) is 0 Å². The highest BCUT2D eigenvalue weighted by molar-refractivity contribution is 7.80. The van der Waals surface area contributed by atoms with Gasteiger partial charge in [-0.3, -0.25) is 15.6 Å². The molecule has 0 unspecified atom stereocenters. The van der Waals surface area contributed by atoms with Gasteiger partial charge in [-0.1, -0.05) is 43.3 Å². The molecule has 2 aromatic carbocycles. The number of hydrazine groups is 1. The number of hydrogen-bond donors (Lipinski definition) is 3. The Bertz CT molecular complexity index is 787. The molecule has 0 heterocycles. The number of amides is 1. The van der Waals surface area contributed by atoms with E-state index in [1.54, 1.807) is 0 Å². The molecular formula is C20H25N3OS. The molecule has 0 aliphatic rings. The van der Waals surface area contributed by atoms with E-state index >= 15 is 0 Å². The average molecular weight is 356 g/mol. The molecule has 0 fully saturated rings. The third-order valence-electron chi connectivity index (χ3n) is 4.23. The molecular weight excluding hydrogens is 330 g/mol. The molecule has 2 rings (SSSR count). The second-order valence-electron chi connectivity index (χ2n) is 6.19. The number of hydrogen-bond acceptors (Lipinski definition) is 2. The van der Waals surface area contributed by atoms with Gasteiger partial charge in [-0.05, 0) is 67.2 Å². The van der Waals surface area contributed by atoms with Crippen LogP contribution in [0.15, 0.2) is 36.4 Å². The van der Waals surface area contributed by atoms with Gasteiger partial charge in [0.25, 0.3) is 0 Å². The van der Waals surface area contributed by atoms with Gasteiger partial charge in [-0.15, -0.1) is 0 Å². The van der Waals surface area contributed by atoms with E-state index in [4.69, 9.17) is 12.2 Å². The van der Waals surface area contributed by atoms with E-state index in [-0.39, 0.29) is 5.91 Å². The Labute approximate surface area is 155 Å². The first-order chi connectivity index (χ1) is 11.9. The molecule has 2 aromatic rings. The van der Waals surface area contributed by atoms with Gasteiger partial charge in [-0.25, -0.2) is 0 Å². The SMILES string of the molecule is CCc1cccc(C)c1NC(=S)NNC(=O)Cc1ccc(C)c(C)c1. The molecule has 0 aliphatic carbocycles. The van der Waals surface area contributed by atoms with Gasteiger partial charge in [0.15, 0.2) is 5.11 Å². The van der Waals surface area contributed by atoms with Crippen LogP contribution in [0.5, 0.6) is 0 Å². The maximum absolute atomic E-state index is 12.1. The molecule has 0 bridgehead atoms. The first-order valence-electron chi connectivity index (χ1n) is 8.41. The summed E-state index contributed by atoms with van der Waals surface area (Å²) in [6.07, 6.45) is 1.22. The molecule has 0 saturated heterocycles. The lowest BCUT2D eigenvalue weighted by Crippen LogP contribution is -2.44. The summed E-state index contributed by atoms with van der Waals surface area (Å²) in [6.45, 7) is 8.23. The Morgan fingerprint density at radius 1 is 1.00 bits per heavy atom. The van der Waals surface area contributed by atoms with Crippen molar-refractivity contribution in [3.8, 4) is 0 Å². The topological polar surface area (TPSA) is 53.2 Å². The molecule has 0 aromatic heterocycles. The second-order valence-corrected chi connectivity index (χ2v) is 6.59. The lowest BCUT2D eigenvalue weighted by molar-refractivity contribution is -0.120. The van der Waals surface area contributed by atoms with Gasteiger partial charge in [0, 0.05) is 5.69 Å². The highest BCUT2D eigenvalue weighted by atomic mass is 32.1. The van der Waals surface area contributed by atoms with Gasteiger partial charge >= 0.3 is 0 Å². The predicted molar refractivity (Wildman–Crippen MR) is 108 cm³/mol. The van der Waals surface area contributed by atoms with E-state index in [2.05, 4.69) is 36.1 Å². The van der Waals surface area contributed by atoms with E-state index in [0.29, 0.717) is 11.5 Å². The Morgan fingerprint density at radius 3 is 2.44 bits per heavy atom. The molecule has 132 valence electrons. The van der Waals surface area contributed by atoms with Crippen LogP contribution < -0.4 is 16.2 Å². The number of para-hydroxylation sites is 1. The van der Waals surface area contributed by atoms with Gasteiger partial charge < -0.3 is 5.32 Å². The first kappa shape index (κ1) is 18.9. The monoisotopic (exact) mass is 355 g/mol. The summed E-state index contributed by atoms with van der Waals surface area (Å²) in [4.78, 5) is 12.1. The fraction of sp³-hybridized carbons (Fsp3) is 0.300. The molecule has 25 heavy (non-hydrogen) atoms. The molecule has 0 atom stereocenters. The number of carbonyl (C=O) groups is 1. The third kappa shape index (κ3) is 5.29. The van der Waals surface area contributed by atoms with Crippen LogP contribution in [0.2, 0.25) is 0 Å². The van der Waals surface area contributed by atoms with Crippen LogP contribution in [-0.4, -0.2) is 11.0 Å². The van der Waals surface area contributed by atoms with Crippen molar-refractivity contribution in [2.75, 3.05) is 5.32 Å². The molecule has 4 nitrogen and oxygen atoms in total. The van der Waals surface area contributed by atoms with Crippen molar-refractivity contribution in [1.82, 2.24) is 10.9 Å². The quantitative estimate of drug-likeness (QED) is 0.578. The van der Waals surface area contributed by atoms with Crippen molar-refractivity contribution in [3.05, 3.63) is 64.2 Å². The maximum atomic E-state index is 12.1. The summed E-state index contributed by atoms with van der Waals surface area (Å²) in [6, 6.07) is 12.2. The smallest absolute Gasteiger partial charge is 0.242 e. The fourth-order valence-corrected chi connectivity index (χ4v) is 2.77. The van der Waals surface area contributed by atoms with Crippen LogP contribution in [-0.2, 0) is 17.6 Å². The van der Waals surface area contributed by atoms with Crippen LogP contribution in [0.4, 0.5) is 5.69 Å². The Morgan fingerprint density at radius 2 is 1.76 bits per heavy atom.